The van der Waals surface area contributed by atoms with Crippen molar-refractivity contribution < 1.29 is 24.7 Å². The number of nitro benzene ring substituents is 1. The third kappa shape index (κ3) is 8.94. The van der Waals surface area contributed by atoms with E-state index in [4.69, 9.17) is 4.99 Å². The zero-order valence-corrected chi connectivity index (χ0v) is 38.5. The highest BCUT2D eigenvalue weighted by molar-refractivity contribution is 6.34. The van der Waals surface area contributed by atoms with Crippen molar-refractivity contribution in [2.24, 2.45) is 30.4 Å². The molecule has 2 aliphatic rings. The lowest BCUT2D eigenvalue weighted by Gasteiger charge is -2.18. The fourth-order valence-electron chi connectivity index (χ4n) is 7.82. The number of benzene rings is 6. The number of anilines is 3. The van der Waals surface area contributed by atoms with Crippen LogP contribution in [0.4, 0.5) is 45.5 Å². The molecule has 2 amide bonds. The van der Waals surface area contributed by atoms with Crippen molar-refractivity contribution in [1.29, 1.82) is 0 Å². The Morgan fingerprint density at radius 3 is 1.51 bits per heavy atom. The molecule has 0 fully saturated rings. The van der Waals surface area contributed by atoms with Crippen LogP contribution in [-0.2, 0) is 9.59 Å². The molecule has 72 heavy (non-hydrogen) atoms. The van der Waals surface area contributed by atoms with E-state index in [1.807, 2.05) is 79.7 Å². The van der Waals surface area contributed by atoms with E-state index in [2.05, 4.69) is 35.5 Å². The van der Waals surface area contributed by atoms with E-state index in [0.717, 1.165) is 15.8 Å². The molecule has 19 nitrogen and oxygen atoms in total. The van der Waals surface area contributed by atoms with Gasteiger partial charge in [-0.25, -0.2) is 15.0 Å². The normalized spacial score (nSPS) is 14.9. The van der Waals surface area contributed by atoms with Gasteiger partial charge >= 0.3 is 0 Å². The first-order valence-corrected chi connectivity index (χ1v) is 22.2. The van der Waals surface area contributed by atoms with Gasteiger partial charge in [-0.1, -0.05) is 48.5 Å². The topological polar surface area (TPSA) is 232 Å². The van der Waals surface area contributed by atoms with Crippen LogP contribution in [0.2, 0.25) is 0 Å². The molecule has 2 aromatic heterocycles. The molecule has 0 saturated heterocycles. The zero-order valence-electron chi connectivity index (χ0n) is 38.5. The molecular weight excluding hydrogens is 915 g/mol. The number of nitrogens with zero attached hydrogens (tertiary/aromatic N) is 13. The van der Waals surface area contributed by atoms with Gasteiger partial charge in [-0.3, -0.25) is 29.5 Å². The number of nitro groups is 1. The molecule has 0 saturated carbocycles. The summed E-state index contributed by atoms with van der Waals surface area (Å²) < 4.78 is 0.988. The third-order valence-electron chi connectivity index (χ3n) is 11.5. The Labute approximate surface area is 409 Å². The van der Waals surface area contributed by atoms with Crippen LogP contribution in [-0.4, -0.2) is 67.3 Å². The number of aromatic nitrogens is 3. The SMILES string of the molecule is Cc1nc2c(N=Nc3ccc(C4=N/C(=C/c5ccc(N(C)C)cc5)C(=O)N4c4ccccc4)cc3)c(O)nn2c(O)c1N=Nc1ccc(C2=N/C(=C/c3ccc([N+](=O)[O-])cc3)C(=O)N2c2ccccc2)cc1. The number of fused-ring (bicyclic) bond motifs is 1. The second-order valence-electron chi connectivity index (χ2n) is 16.5. The predicted octanol–water partition coefficient (Wildman–Crippen LogP) is 10.9. The van der Waals surface area contributed by atoms with Crippen LogP contribution in [0.1, 0.15) is 27.9 Å². The lowest BCUT2D eigenvalue weighted by atomic mass is 10.1. The summed E-state index contributed by atoms with van der Waals surface area (Å²) in [4.78, 5) is 57.3. The summed E-state index contributed by atoms with van der Waals surface area (Å²) in [5, 5.41) is 54.6. The summed E-state index contributed by atoms with van der Waals surface area (Å²) in [5.74, 6) is -0.872. The predicted molar refractivity (Wildman–Crippen MR) is 273 cm³/mol. The van der Waals surface area contributed by atoms with Gasteiger partial charge in [0, 0.05) is 43.0 Å². The van der Waals surface area contributed by atoms with Gasteiger partial charge in [0.15, 0.2) is 17.0 Å². The fraction of sp³-hybridized carbons (Fsp3) is 0.0566. The zero-order chi connectivity index (χ0) is 50.0. The van der Waals surface area contributed by atoms with Crippen molar-refractivity contribution in [3.05, 3.63) is 207 Å². The molecule has 4 heterocycles. The van der Waals surface area contributed by atoms with Crippen LogP contribution >= 0.6 is 0 Å². The summed E-state index contributed by atoms with van der Waals surface area (Å²) in [6.07, 6.45) is 3.33. The Bertz CT molecular complexity index is 3630. The summed E-state index contributed by atoms with van der Waals surface area (Å²) in [5.41, 5.74) is 6.19. The van der Waals surface area contributed by atoms with Gasteiger partial charge < -0.3 is 15.1 Å². The number of hydrogen-bond acceptors (Lipinski definition) is 15. The largest absolute Gasteiger partial charge is 0.492 e. The highest BCUT2D eigenvalue weighted by Crippen LogP contribution is 2.39. The first kappa shape index (κ1) is 45.5. The smallest absolute Gasteiger partial charge is 0.282 e. The van der Waals surface area contributed by atoms with E-state index in [1.165, 1.54) is 17.0 Å². The molecule has 0 aliphatic carbocycles. The van der Waals surface area contributed by atoms with E-state index < -0.39 is 16.7 Å². The third-order valence-corrected chi connectivity index (χ3v) is 11.5. The van der Waals surface area contributed by atoms with Crippen LogP contribution in [0, 0.1) is 17.0 Å². The summed E-state index contributed by atoms with van der Waals surface area (Å²) >= 11 is 0. The van der Waals surface area contributed by atoms with Gasteiger partial charge in [-0.15, -0.1) is 15.3 Å². The molecule has 2 aliphatic heterocycles. The maximum atomic E-state index is 13.9. The van der Waals surface area contributed by atoms with E-state index in [9.17, 15) is 29.9 Å². The fourth-order valence-corrected chi connectivity index (χ4v) is 7.82. The Morgan fingerprint density at radius 1 is 0.597 bits per heavy atom. The molecule has 0 spiro atoms. The number of hydrogen-bond donors (Lipinski definition) is 2. The van der Waals surface area contributed by atoms with Crippen LogP contribution in [0.3, 0.4) is 0 Å². The standard InChI is InChI=1S/C53H39N13O6/c1-32-45(59-57-37-22-18-35(19-23-37)47-56-44(31-34-16-28-42(29-17-34)66(71)72)52(69)64(47)41-12-8-5-9-13-41)53(70)65-49(54-32)46(50(67)61-65)60-58-38-24-20-36(21-25-38)48-55-43(30-33-14-26-39(27-15-33)62(2)3)51(68)63(48)40-10-6-4-7-11-40/h4-31,70H,1-3H3,(H,61,67)/b43-30+,44-31+,59-57?,60-58?. The lowest BCUT2D eigenvalue weighted by molar-refractivity contribution is -0.384. The molecule has 8 aromatic rings. The number of amidine groups is 2. The van der Waals surface area contributed by atoms with Crippen molar-refractivity contribution in [2.45, 2.75) is 6.92 Å². The number of para-hydroxylation sites is 2. The van der Waals surface area contributed by atoms with E-state index in [1.54, 1.807) is 109 Å². The minimum Gasteiger partial charge on any atom is -0.492 e. The number of azo groups is 2. The average molecular weight is 954 g/mol. The first-order valence-electron chi connectivity index (χ1n) is 22.2. The minimum atomic E-state index is -0.543. The van der Waals surface area contributed by atoms with Crippen LogP contribution < -0.4 is 14.7 Å². The molecule has 0 radical (unpaired) electrons. The number of carbonyl (C=O) groups is 2. The number of amides is 2. The summed E-state index contributed by atoms with van der Waals surface area (Å²) in [7, 11) is 3.92. The molecule has 19 heteroatoms. The van der Waals surface area contributed by atoms with Crippen molar-refractivity contribution in [1.82, 2.24) is 14.6 Å². The number of aryl methyl sites for hydroxylation is 1. The Kier molecular flexibility index (Phi) is 12.0. The van der Waals surface area contributed by atoms with Crippen LogP contribution in [0.25, 0.3) is 17.8 Å². The molecule has 0 bridgehead atoms. The number of non-ortho nitro benzene ring substituents is 1. The van der Waals surface area contributed by atoms with E-state index in [-0.39, 0.29) is 51.6 Å². The maximum absolute atomic E-state index is 13.9. The number of carbonyl (C=O) groups excluding carboxylic acids is 2. The first-order chi connectivity index (χ1) is 34.9. The van der Waals surface area contributed by atoms with Crippen LogP contribution in [0.15, 0.2) is 200 Å². The molecule has 0 atom stereocenters. The van der Waals surface area contributed by atoms with Gasteiger partial charge in [-0.05, 0) is 127 Å². The number of rotatable bonds is 12. The van der Waals surface area contributed by atoms with Crippen LogP contribution in [0.5, 0.6) is 11.8 Å². The van der Waals surface area contributed by atoms with Crippen molar-refractivity contribution >= 4 is 86.8 Å². The summed E-state index contributed by atoms with van der Waals surface area (Å²) in [6.45, 7) is 1.60. The highest BCUT2D eigenvalue weighted by Gasteiger charge is 2.34. The van der Waals surface area contributed by atoms with Gasteiger partial charge in [0.1, 0.15) is 23.1 Å². The summed E-state index contributed by atoms with van der Waals surface area (Å²) in [6, 6.07) is 45.6. The second kappa shape index (κ2) is 19.0. The van der Waals surface area contributed by atoms with E-state index in [0.29, 0.717) is 51.1 Å². The highest BCUT2D eigenvalue weighted by atomic mass is 16.6. The maximum Gasteiger partial charge on any atom is 0.282 e. The van der Waals surface area contributed by atoms with Crippen molar-refractivity contribution in [2.75, 3.05) is 28.8 Å². The quantitative estimate of drug-likeness (QED) is 0.0512. The van der Waals surface area contributed by atoms with Gasteiger partial charge in [0.25, 0.3) is 23.4 Å². The Hall–Kier alpha value is -10.3. The van der Waals surface area contributed by atoms with E-state index >= 15 is 0 Å². The van der Waals surface area contributed by atoms with Gasteiger partial charge in [-0.2, -0.15) is 14.7 Å². The average Bonchev–Trinajstić information content (AvgIpc) is 4.02. The monoisotopic (exact) mass is 953 g/mol. The Balaban J connectivity index is 0.878. The minimum absolute atomic E-state index is 0.0102. The van der Waals surface area contributed by atoms with Gasteiger partial charge in [0.2, 0.25) is 5.88 Å². The number of aliphatic imine (C=N–C) groups is 2. The molecule has 352 valence electrons. The van der Waals surface area contributed by atoms with Crippen molar-refractivity contribution in [3.8, 4) is 11.8 Å². The molecule has 10 rings (SSSR count). The molecule has 2 N–H and O–H groups in total. The number of aromatic hydroxyl groups is 2. The second-order valence-corrected chi connectivity index (χ2v) is 16.5. The molecule has 6 aromatic carbocycles. The van der Waals surface area contributed by atoms with Crippen molar-refractivity contribution in [3.63, 3.8) is 0 Å². The Morgan fingerprint density at radius 2 is 1.06 bits per heavy atom. The molecule has 0 unspecified atom stereocenters. The molecular formula is C53H39N13O6. The lowest BCUT2D eigenvalue weighted by Crippen LogP contribution is -2.32. The van der Waals surface area contributed by atoms with Gasteiger partial charge in [0.05, 0.1) is 33.4 Å².